The third-order valence-corrected chi connectivity index (χ3v) is 4.19. The number of amides is 2. The van der Waals surface area contributed by atoms with Crippen molar-refractivity contribution in [1.82, 2.24) is 4.98 Å². The normalized spacial score (nSPS) is 24.7. The van der Waals surface area contributed by atoms with E-state index in [1.54, 1.807) is 25.1 Å². The molecule has 0 spiro atoms. The van der Waals surface area contributed by atoms with Gasteiger partial charge in [-0.15, -0.1) is 0 Å². The number of aromatic nitrogens is 1. The summed E-state index contributed by atoms with van der Waals surface area (Å²) in [5, 5.41) is 9.44. The van der Waals surface area contributed by atoms with Gasteiger partial charge in [-0.25, -0.2) is 4.79 Å². The Morgan fingerprint density at radius 3 is 2.62 bits per heavy atom. The van der Waals surface area contributed by atoms with Crippen LogP contribution in [0, 0.1) is 0 Å². The van der Waals surface area contributed by atoms with Crippen LogP contribution < -0.4 is 0 Å². The Morgan fingerprint density at radius 2 is 2.10 bits per heavy atom. The van der Waals surface area contributed by atoms with Gasteiger partial charge in [0.25, 0.3) is 0 Å². The van der Waals surface area contributed by atoms with Gasteiger partial charge in [-0.05, 0) is 19.1 Å². The van der Waals surface area contributed by atoms with Crippen LogP contribution in [0.3, 0.4) is 0 Å². The van der Waals surface area contributed by atoms with Crippen molar-refractivity contribution in [1.29, 1.82) is 0 Å². The molecule has 1 fully saturated rings. The van der Waals surface area contributed by atoms with Gasteiger partial charge in [0.05, 0.1) is 13.0 Å². The van der Waals surface area contributed by atoms with Crippen molar-refractivity contribution in [2.45, 2.75) is 38.6 Å². The van der Waals surface area contributed by atoms with Crippen LogP contribution in [0.5, 0.6) is 0 Å². The monoisotopic (exact) mass is 291 g/mol. The molecule has 112 valence electrons. The molecule has 21 heavy (non-hydrogen) atoms. The summed E-state index contributed by atoms with van der Waals surface area (Å²) >= 11 is 0. The first-order valence-corrected chi connectivity index (χ1v) is 7.07. The SMILES string of the molecule is C[C@@H]1CCC[N+]1(C(=O)O)C(=O)CCC(=O)c1ccccn1. The molecule has 1 aromatic heterocycles. The predicted molar refractivity (Wildman–Crippen MR) is 74.7 cm³/mol. The van der Waals surface area contributed by atoms with E-state index in [1.165, 1.54) is 6.20 Å². The molecular formula is C15H19N2O4+. The van der Waals surface area contributed by atoms with Crippen molar-refractivity contribution in [2.24, 2.45) is 0 Å². The zero-order chi connectivity index (χ0) is 15.5. The summed E-state index contributed by atoms with van der Waals surface area (Å²) < 4.78 is -0.546. The fraction of sp³-hybridized carbons (Fsp3) is 0.467. The van der Waals surface area contributed by atoms with E-state index in [1.807, 2.05) is 0 Å². The van der Waals surface area contributed by atoms with Gasteiger partial charge in [0, 0.05) is 25.5 Å². The number of Topliss-reactive ketones (excluding diaryl/α,β-unsaturated/α-hetero) is 1. The van der Waals surface area contributed by atoms with Crippen LogP contribution in [-0.4, -0.2) is 44.9 Å². The number of hydrogen-bond donors (Lipinski definition) is 1. The Morgan fingerprint density at radius 1 is 1.33 bits per heavy atom. The first-order chi connectivity index (χ1) is 9.98. The Hall–Kier alpha value is -2.08. The molecule has 2 rings (SSSR count). The highest BCUT2D eigenvalue weighted by Gasteiger charge is 2.52. The molecule has 1 N–H and O–H groups in total. The molecule has 0 aromatic carbocycles. The molecule has 1 aliphatic rings. The highest BCUT2D eigenvalue weighted by Crippen LogP contribution is 2.29. The van der Waals surface area contributed by atoms with Gasteiger partial charge in [-0.2, -0.15) is 9.28 Å². The van der Waals surface area contributed by atoms with Crippen LogP contribution >= 0.6 is 0 Å². The Labute approximate surface area is 123 Å². The van der Waals surface area contributed by atoms with Crippen LogP contribution in [0.25, 0.3) is 0 Å². The Bertz CT molecular complexity index is 558. The maximum atomic E-state index is 12.4. The molecule has 2 atom stereocenters. The van der Waals surface area contributed by atoms with E-state index in [9.17, 15) is 19.5 Å². The first-order valence-electron chi connectivity index (χ1n) is 7.07. The molecule has 0 radical (unpaired) electrons. The number of rotatable bonds is 4. The molecular weight excluding hydrogens is 272 g/mol. The minimum Gasteiger partial charge on any atom is -0.435 e. The lowest BCUT2D eigenvalue weighted by molar-refractivity contribution is -0.792. The summed E-state index contributed by atoms with van der Waals surface area (Å²) in [7, 11) is 0. The lowest BCUT2D eigenvalue weighted by Gasteiger charge is -2.29. The summed E-state index contributed by atoms with van der Waals surface area (Å²) in [4.78, 5) is 39.8. The molecule has 6 nitrogen and oxygen atoms in total. The van der Waals surface area contributed by atoms with Crippen LogP contribution in [-0.2, 0) is 4.79 Å². The van der Waals surface area contributed by atoms with Gasteiger partial charge < -0.3 is 5.11 Å². The van der Waals surface area contributed by atoms with Crippen molar-refractivity contribution >= 4 is 17.8 Å². The highest BCUT2D eigenvalue weighted by atomic mass is 16.4. The third-order valence-electron chi connectivity index (χ3n) is 4.19. The number of pyridine rings is 1. The van der Waals surface area contributed by atoms with E-state index < -0.39 is 16.5 Å². The van der Waals surface area contributed by atoms with Crippen molar-refractivity contribution in [3.8, 4) is 0 Å². The highest BCUT2D eigenvalue weighted by molar-refractivity contribution is 5.96. The number of likely N-dealkylation sites (tertiary alicyclic amines) is 1. The number of hydrogen-bond acceptors (Lipinski definition) is 4. The molecule has 1 aromatic rings. The number of nitrogens with zero attached hydrogens (tertiary/aromatic N) is 2. The molecule has 1 aliphatic heterocycles. The maximum absolute atomic E-state index is 12.4. The zero-order valence-corrected chi connectivity index (χ0v) is 12.0. The third kappa shape index (κ3) is 2.85. The van der Waals surface area contributed by atoms with Gasteiger partial charge >= 0.3 is 12.0 Å². The van der Waals surface area contributed by atoms with Crippen molar-refractivity contribution in [3.63, 3.8) is 0 Å². The molecule has 0 bridgehead atoms. The predicted octanol–water partition coefficient (Wildman–Crippen LogP) is 2.25. The maximum Gasteiger partial charge on any atom is 0.521 e. The van der Waals surface area contributed by atoms with E-state index >= 15 is 0 Å². The quantitative estimate of drug-likeness (QED) is 0.679. The number of carboxylic acid groups (broad SMARTS) is 1. The minimum absolute atomic E-state index is 0.00412. The summed E-state index contributed by atoms with van der Waals surface area (Å²) in [6.45, 7) is 2.09. The van der Waals surface area contributed by atoms with E-state index in [4.69, 9.17) is 0 Å². The average Bonchev–Trinajstić information content (AvgIpc) is 2.88. The van der Waals surface area contributed by atoms with Gasteiger partial charge in [-0.3, -0.25) is 9.78 Å². The Balaban J connectivity index is 2.04. The van der Waals surface area contributed by atoms with Gasteiger partial charge in [-0.1, -0.05) is 6.07 Å². The Kier molecular flexibility index (Phi) is 4.47. The second-order valence-corrected chi connectivity index (χ2v) is 5.40. The number of imide groups is 1. The number of ketones is 1. The lowest BCUT2D eigenvalue weighted by atomic mass is 10.1. The zero-order valence-electron chi connectivity index (χ0n) is 12.0. The van der Waals surface area contributed by atoms with Gasteiger partial charge in [0.15, 0.2) is 5.78 Å². The smallest absolute Gasteiger partial charge is 0.435 e. The van der Waals surface area contributed by atoms with Crippen molar-refractivity contribution < 1.29 is 24.0 Å². The van der Waals surface area contributed by atoms with Crippen LogP contribution in [0.15, 0.2) is 24.4 Å². The van der Waals surface area contributed by atoms with E-state index in [-0.39, 0.29) is 24.7 Å². The number of carbonyl (C=O) groups excluding carboxylic acids is 2. The summed E-state index contributed by atoms with van der Waals surface area (Å²) in [5.41, 5.74) is 0.307. The van der Waals surface area contributed by atoms with Crippen molar-refractivity contribution in [2.75, 3.05) is 6.54 Å². The van der Waals surface area contributed by atoms with Crippen LogP contribution in [0.2, 0.25) is 0 Å². The van der Waals surface area contributed by atoms with Crippen molar-refractivity contribution in [3.05, 3.63) is 30.1 Å². The fourth-order valence-electron chi connectivity index (χ4n) is 2.91. The molecule has 2 amide bonds. The standard InChI is InChI=1S/C15H18N2O4/c1-11-5-4-10-17(11,15(20)21)14(19)8-7-13(18)12-6-2-3-9-16-12/h2-3,6,9,11H,4-5,7-8,10H2,1H3/p+1/t11-,17?/m1/s1. The fourth-order valence-corrected chi connectivity index (χ4v) is 2.91. The molecule has 1 saturated heterocycles. The summed E-state index contributed by atoms with van der Waals surface area (Å²) in [6, 6.07) is 4.77. The second-order valence-electron chi connectivity index (χ2n) is 5.40. The molecule has 1 unspecified atom stereocenters. The van der Waals surface area contributed by atoms with E-state index in [0.717, 1.165) is 0 Å². The van der Waals surface area contributed by atoms with Crippen LogP contribution in [0.1, 0.15) is 43.1 Å². The minimum atomic E-state index is -1.12. The summed E-state index contributed by atoms with van der Waals surface area (Å²) in [5.74, 6) is -0.629. The lowest BCUT2D eigenvalue weighted by Crippen LogP contribution is -2.58. The summed E-state index contributed by atoms with van der Waals surface area (Å²) in [6.07, 6.45) is 1.76. The second kappa shape index (κ2) is 6.13. The topological polar surface area (TPSA) is 84.3 Å². The average molecular weight is 291 g/mol. The first kappa shape index (κ1) is 15.3. The molecule has 0 aliphatic carbocycles. The molecule has 6 heteroatoms. The number of quaternary nitrogens is 1. The molecule has 2 heterocycles. The van der Waals surface area contributed by atoms with Gasteiger partial charge in [0.1, 0.15) is 11.7 Å². The van der Waals surface area contributed by atoms with Gasteiger partial charge in [0.2, 0.25) is 0 Å². The molecule has 0 saturated carbocycles. The van der Waals surface area contributed by atoms with E-state index in [2.05, 4.69) is 4.98 Å². The largest absolute Gasteiger partial charge is 0.521 e. The number of carbonyl (C=O) groups is 3. The van der Waals surface area contributed by atoms with Crippen LogP contribution in [0.4, 0.5) is 4.79 Å². The van der Waals surface area contributed by atoms with E-state index in [0.29, 0.717) is 25.1 Å².